The van der Waals surface area contributed by atoms with Crippen molar-refractivity contribution in [3.8, 4) is 22.8 Å². The van der Waals surface area contributed by atoms with Crippen LogP contribution in [0, 0.1) is 12.7 Å². The van der Waals surface area contributed by atoms with Gasteiger partial charge in [0.15, 0.2) is 0 Å². The van der Waals surface area contributed by atoms with Crippen molar-refractivity contribution in [3.05, 3.63) is 95.8 Å². The van der Waals surface area contributed by atoms with Crippen molar-refractivity contribution in [1.29, 1.82) is 0 Å². The Morgan fingerprint density at radius 2 is 1.77 bits per heavy atom. The summed E-state index contributed by atoms with van der Waals surface area (Å²) in [5.74, 6) is -0.286. The molecule has 154 valence electrons. The summed E-state index contributed by atoms with van der Waals surface area (Å²) in [5.41, 5.74) is 4.12. The number of aryl methyl sites for hydroxylation is 1. The zero-order valence-electron chi connectivity index (χ0n) is 17.1. The summed E-state index contributed by atoms with van der Waals surface area (Å²) in [6, 6.07) is 18.7. The first-order chi connectivity index (χ1) is 14.8. The van der Waals surface area contributed by atoms with E-state index in [1.54, 1.807) is 0 Å². The zero-order chi connectivity index (χ0) is 22.1. The largest absolute Gasteiger partial charge is 0.478 e. The van der Waals surface area contributed by atoms with Crippen LogP contribution in [0.1, 0.15) is 28.4 Å². The average molecular weight is 413 g/mol. The van der Waals surface area contributed by atoms with Gasteiger partial charge in [0.2, 0.25) is 0 Å². The molecule has 0 aliphatic rings. The van der Waals surface area contributed by atoms with Gasteiger partial charge in [-0.3, -0.25) is 0 Å². The number of carboxylic acid groups (broad SMARTS) is 1. The minimum atomic E-state index is -1.14. The number of nitrogens with zero attached hydrogens (tertiary/aromatic N) is 1. The van der Waals surface area contributed by atoms with Crippen molar-refractivity contribution in [2.24, 2.45) is 0 Å². The summed E-state index contributed by atoms with van der Waals surface area (Å²) in [6.07, 6.45) is 0. The summed E-state index contributed by atoms with van der Waals surface area (Å²) in [4.78, 5) is 16.4. The Balaban J connectivity index is 1.89. The minimum absolute atomic E-state index is 0.000358. The molecule has 0 atom stereocenters. The molecule has 0 aliphatic carbocycles. The lowest BCUT2D eigenvalue weighted by Crippen LogP contribution is -2.02. The number of aromatic carboxylic acids is 1. The number of pyridine rings is 1. The minimum Gasteiger partial charge on any atom is -0.478 e. The first-order valence-electron chi connectivity index (χ1n) is 9.71. The van der Waals surface area contributed by atoms with Crippen LogP contribution < -0.4 is 4.74 Å². The maximum absolute atomic E-state index is 13.7. The van der Waals surface area contributed by atoms with E-state index in [0.29, 0.717) is 22.7 Å². The lowest BCUT2D eigenvalue weighted by atomic mass is 9.96. The molecule has 31 heavy (non-hydrogen) atoms. The number of hydrogen-bond acceptors (Lipinski definition) is 3. The van der Waals surface area contributed by atoms with Gasteiger partial charge in [-0.15, -0.1) is 0 Å². The second-order valence-electron chi connectivity index (χ2n) is 7.38. The molecule has 1 aromatic heterocycles. The molecule has 0 unspecified atom stereocenters. The molecule has 1 N–H and O–H groups in total. The Morgan fingerprint density at radius 1 is 1.03 bits per heavy atom. The molecular weight excluding hydrogens is 393 g/mol. The average Bonchev–Trinajstić information content (AvgIpc) is 2.73. The van der Waals surface area contributed by atoms with Gasteiger partial charge in [0, 0.05) is 16.5 Å². The maximum Gasteiger partial charge on any atom is 0.336 e. The van der Waals surface area contributed by atoms with E-state index in [1.807, 2.05) is 56.3 Å². The number of rotatable bonds is 5. The fourth-order valence-electron chi connectivity index (χ4n) is 3.50. The molecule has 0 amide bonds. The van der Waals surface area contributed by atoms with Crippen molar-refractivity contribution in [1.82, 2.24) is 4.98 Å². The molecule has 0 aliphatic heterocycles. The van der Waals surface area contributed by atoms with Gasteiger partial charge in [-0.1, -0.05) is 24.8 Å². The third-order valence-electron chi connectivity index (χ3n) is 5.03. The molecule has 0 spiro atoms. The fourth-order valence-corrected chi connectivity index (χ4v) is 3.50. The van der Waals surface area contributed by atoms with Crippen LogP contribution in [0.5, 0.6) is 11.5 Å². The molecule has 4 rings (SSSR count). The van der Waals surface area contributed by atoms with Crippen LogP contribution in [-0.2, 0) is 0 Å². The predicted octanol–water partition coefficient (Wildman–Crippen LogP) is 6.87. The first kappa shape index (κ1) is 20.3. The molecule has 0 radical (unpaired) electrons. The first-order valence-corrected chi connectivity index (χ1v) is 9.71. The maximum atomic E-state index is 13.7. The Hall–Kier alpha value is -3.99. The normalized spacial score (nSPS) is 10.8. The summed E-state index contributed by atoms with van der Waals surface area (Å²) in [6.45, 7) is 7.85. The van der Waals surface area contributed by atoms with Crippen LogP contribution in [0.3, 0.4) is 0 Å². The van der Waals surface area contributed by atoms with Gasteiger partial charge in [0.05, 0.1) is 16.8 Å². The number of carbonyl (C=O) groups is 1. The molecule has 0 saturated heterocycles. The van der Waals surface area contributed by atoms with E-state index >= 15 is 0 Å². The van der Waals surface area contributed by atoms with Gasteiger partial charge in [0.1, 0.15) is 17.3 Å². The quantitative estimate of drug-likeness (QED) is 0.388. The van der Waals surface area contributed by atoms with E-state index in [9.17, 15) is 14.3 Å². The summed E-state index contributed by atoms with van der Waals surface area (Å²) in [7, 11) is 0. The number of carboxylic acids is 1. The second-order valence-corrected chi connectivity index (χ2v) is 7.38. The zero-order valence-corrected chi connectivity index (χ0v) is 17.1. The van der Waals surface area contributed by atoms with Crippen molar-refractivity contribution in [2.75, 3.05) is 0 Å². The molecule has 4 aromatic rings. The molecule has 4 nitrogen and oxygen atoms in total. The molecule has 0 saturated carbocycles. The summed E-state index contributed by atoms with van der Waals surface area (Å²) < 4.78 is 19.8. The highest BCUT2D eigenvalue weighted by atomic mass is 19.1. The Morgan fingerprint density at radius 3 is 2.45 bits per heavy atom. The van der Waals surface area contributed by atoms with E-state index in [-0.39, 0.29) is 10.9 Å². The summed E-state index contributed by atoms with van der Waals surface area (Å²) >= 11 is 0. The van der Waals surface area contributed by atoms with Crippen LogP contribution >= 0.6 is 0 Å². The number of halogens is 1. The lowest BCUT2D eigenvalue weighted by Gasteiger charge is -2.16. The van der Waals surface area contributed by atoms with Gasteiger partial charge in [-0.2, -0.15) is 0 Å². The monoisotopic (exact) mass is 413 g/mol. The van der Waals surface area contributed by atoms with E-state index < -0.39 is 11.8 Å². The number of fused-ring (bicyclic) bond motifs is 1. The number of hydrogen-bond donors (Lipinski definition) is 1. The lowest BCUT2D eigenvalue weighted by molar-refractivity contribution is 0.0699. The Kier molecular flexibility index (Phi) is 5.26. The van der Waals surface area contributed by atoms with Crippen LogP contribution in [0.25, 0.3) is 27.7 Å². The van der Waals surface area contributed by atoms with Crippen molar-refractivity contribution in [2.45, 2.75) is 13.8 Å². The molecule has 1 heterocycles. The Labute approximate surface area is 179 Å². The molecule has 3 aromatic carbocycles. The van der Waals surface area contributed by atoms with Gasteiger partial charge in [-0.25, -0.2) is 14.2 Å². The smallest absolute Gasteiger partial charge is 0.336 e. The standard InChI is InChI=1S/C26H20FNO3/c1-15(2)19-13-20(16(3)11-25(19)31-18-7-5-4-6-8-18)24-14-22(26(29)30)21-12-17(27)9-10-23(21)28-24/h4-14H,1H2,2-3H3,(H,29,30). The van der Waals surface area contributed by atoms with Crippen LogP contribution in [-0.4, -0.2) is 16.1 Å². The molecule has 5 heteroatoms. The van der Waals surface area contributed by atoms with Gasteiger partial charge < -0.3 is 9.84 Å². The van der Waals surface area contributed by atoms with E-state index in [2.05, 4.69) is 11.6 Å². The SMILES string of the molecule is C=C(C)c1cc(-c2cc(C(=O)O)c3cc(F)ccc3n2)c(C)cc1Oc1ccccc1. The van der Waals surface area contributed by atoms with Crippen molar-refractivity contribution in [3.63, 3.8) is 0 Å². The van der Waals surface area contributed by atoms with Crippen molar-refractivity contribution < 1.29 is 19.0 Å². The predicted molar refractivity (Wildman–Crippen MR) is 120 cm³/mol. The fraction of sp³-hybridized carbons (Fsp3) is 0.0769. The van der Waals surface area contributed by atoms with E-state index in [4.69, 9.17) is 4.74 Å². The van der Waals surface area contributed by atoms with Gasteiger partial charge in [0.25, 0.3) is 0 Å². The van der Waals surface area contributed by atoms with E-state index in [1.165, 1.54) is 24.3 Å². The number of allylic oxidation sites excluding steroid dienone is 1. The molecule has 0 bridgehead atoms. The van der Waals surface area contributed by atoms with Crippen LogP contribution in [0.4, 0.5) is 4.39 Å². The Bertz CT molecular complexity index is 1330. The highest BCUT2D eigenvalue weighted by Gasteiger charge is 2.17. The van der Waals surface area contributed by atoms with E-state index in [0.717, 1.165) is 22.3 Å². The number of ether oxygens (including phenoxy) is 1. The third kappa shape index (κ3) is 4.03. The number of para-hydroxylation sites is 1. The molecule has 0 fully saturated rings. The van der Waals surface area contributed by atoms with Gasteiger partial charge in [-0.05, 0) is 73.5 Å². The second kappa shape index (κ2) is 8.03. The summed E-state index contributed by atoms with van der Waals surface area (Å²) in [5, 5.41) is 9.94. The number of aromatic nitrogens is 1. The van der Waals surface area contributed by atoms with Crippen LogP contribution in [0.2, 0.25) is 0 Å². The third-order valence-corrected chi connectivity index (χ3v) is 5.03. The van der Waals surface area contributed by atoms with Crippen LogP contribution in [0.15, 0.2) is 73.3 Å². The van der Waals surface area contributed by atoms with Gasteiger partial charge >= 0.3 is 5.97 Å². The van der Waals surface area contributed by atoms with Crippen molar-refractivity contribution >= 4 is 22.4 Å². The highest BCUT2D eigenvalue weighted by Crippen LogP contribution is 2.36. The molecular formula is C26H20FNO3. The highest BCUT2D eigenvalue weighted by molar-refractivity contribution is 6.04. The number of benzene rings is 3. The topological polar surface area (TPSA) is 59.4 Å².